The van der Waals surface area contributed by atoms with Gasteiger partial charge >= 0.3 is 0 Å². The number of carbonyl (C=O) groups excluding carboxylic acids is 2. The first kappa shape index (κ1) is 23.3. The zero-order valence-corrected chi connectivity index (χ0v) is 21.4. The van der Waals surface area contributed by atoms with E-state index in [0.717, 1.165) is 41.0 Å². The normalized spacial score (nSPS) is 27.0. The van der Waals surface area contributed by atoms with Gasteiger partial charge in [0.25, 0.3) is 0 Å². The Kier molecular flexibility index (Phi) is 6.12. The van der Waals surface area contributed by atoms with Crippen LogP contribution in [0.2, 0.25) is 0 Å². The Bertz CT molecular complexity index is 1240. The number of nitrogens with zero attached hydrogens (tertiary/aromatic N) is 2. The van der Waals surface area contributed by atoms with Crippen molar-refractivity contribution >= 4 is 28.3 Å². The monoisotopic (exact) mass is 500 g/mol. The smallest absolute Gasteiger partial charge is 0.249 e. The lowest BCUT2D eigenvalue weighted by Crippen LogP contribution is -2.57. The molecule has 3 aromatic rings. The highest BCUT2D eigenvalue weighted by molar-refractivity contribution is 7.18. The van der Waals surface area contributed by atoms with E-state index in [0.29, 0.717) is 29.3 Å². The van der Waals surface area contributed by atoms with Crippen molar-refractivity contribution in [2.45, 2.75) is 57.9 Å². The Morgan fingerprint density at radius 2 is 1.67 bits per heavy atom. The van der Waals surface area contributed by atoms with Gasteiger partial charge in [0.1, 0.15) is 11.0 Å². The third kappa shape index (κ3) is 4.69. The van der Waals surface area contributed by atoms with Gasteiger partial charge in [-0.15, -0.1) is 10.2 Å². The molecule has 2 amide bonds. The molecule has 2 aromatic carbocycles. The minimum Gasteiger partial charge on any atom is -0.343 e. The van der Waals surface area contributed by atoms with Gasteiger partial charge in [-0.25, -0.2) is 0 Å². The van der Waals surface area contributed by atoms with Gasteiger partial charge in [-0.05, 0) is 74.8 Å². The minimum absolute atomic E-state index is 0.0652. The van der Waals surface area contributed by atoms with E-state index in [4.69, 9.17) is 0 Å². The molecule has 0 unspecified atom stereocenters. The van der Waals surface area contributed by atoms with Gasteiger partial charge < -0.3 is 5.32 Å². The molecule has 4 bridgehead atoms. The summed E-state index contributed by atoms with van der Waals surface area (Å²) in [7, 11) is 0. The van der Waals surface area contributed by atoms with E-state index in [1.165, 1.54) is 30.6 Å². The second-order valence-corrected chi connectivity index (χ2v) is 12.2. The number of rotatable bonds is 7. The predicted octanol–water partition coefficient (Wildman–Crippen LogP) is 5.40. The van der Waals surface area contributed by atoms with E-state index >= 15 is 0 Å². The number of hydrogen-bond acceptors (Lipinski definition) is 5. The molecule has 7 heteroatoms. The fourth-order valence-electron chi connectivity index (χ4n) is 7.12. The summed E-state index contributed by atoms with van der Waals surface area (Å²) < 4.78 is 0. The molecule has 186 valence electrons. The SMILES string of the molecule is Cc1cccc(-c2nnc(NC(=O)[C@H](Cc3ccccc3)NC(=O)C34CC5CC(CC(C5)C3)C4)s2)c1. The van der Waals surface area contributed by atoms with E-state index in [-0.39, 0.29) is 17.2 Å². The molecule has 2 N–H and O–H groups in total. The first-order valence-electron chi connectivity index (χ1n) is 13.0. The zero-order chi connectivity index (χ0) is 24.7. The molecule has 6 nitrogen and oxygen atoms in total. The molecule has 1 atom stereocenters. The van der Waals surface area contributed by atoms with E-state index in [1.54, 1.807) is 0 Å². The summed E-state index contributed by atoms with van der Waals surface area (Å²) >= 11 is 1.35. The van der Waals surface area contributed by atoms with Crippen molar-refractivity contribution in [2.24, 2.45) is 23.2 Å². The van der Waals surface area contributed by atoms with Crippen LogP contribution in [0, 0.1) is 30.1 Å². The molecule has 4 fully saturated rings. The van der Waals surface area contributed by atoms with Crippen LogP contribution >= 0.6 is 11.3 Å². The maximum atomic E-state index is 13.8. The third-order valence-electron chi connectivity index (χ3n) is 8.34. The number of aromatic nitrogens is 2. The Hall–Kier alpha value is -3.06. The zero-order valence-electron chi connectivity index (χ0n) is 20.6. The topological polar surface area (TPSA) is 84.0 Å². The summed E-state index contributed by atoms with van der Waals surface area (Å²) in [6.07, 6.45) is 7.19. The number of benzene rings is 2. The molecule has 4 aliphatic carbocycles. The van der Waals surface area contributed by atoms with Gasteiger partial charge in [0.05, 0.1) is 0 Å². The summed E-state index contributed by atoms with van der Waals surface area (Å²) in [5.74, 6) is 1.83. The van der Waals surface area contributed by atoms with Gasteiger partial charge in [-0.1, -0.05) is 65.4 Å². The number of hydrogen-bond donors (Lipinski definition) is 2. The van der Waals surface area contributed by atoms with Crippen LogP contribution in [-0.2, 0) is 16.0 Å². The second-order valence-electron chi connectivity index (χ2n) is 11.2. The number of amides is 2. The second kappa shape index (κ2) is 9.43. The van der Waals surface area contributed by atoms with Crippen molar-refractivity contribution in [3.63, 3.8) is 0 Å². The third-order valence-corrected chi connectivity index (χ3v) is 9.23. The average molecular weight is 501 g/mol. The highest BCUT2D eigenvalue weighted by atomic mass is 32.1. The van der Waals surface area contributed by atoms with Crippen LogP contribution in [-0.4, -0.2) is 28.1 Å². The summed E-state index contributed by atoms with van der Waals surface area (Å²) in [6.45, 7) is 2.04. The summed E-state index contributed by atoms with van der Waals surface area (Å²) in [5.41, 5.74) is 2.83. The minimum atomic E-state index is -0.667. The van der Waals surface area contributed by atoms with Gasteiger partial charge in [0.2, 0.25) is 16.9 Å². The van der Waals surface area contributed by atoms with Crippen molar-refractivity contribution in [1.29, 1.82) is 0 Å². The van der Waals surface area contributed by atoms with Gasteiger partial charge in [-0.3, -0.25) is 14.9 Å². The van der Waals surface area contributed by atoms with Gasteiger partial charge in [0.15, 0.2) is 0 Å². The number of anilines is 1. The van der Waals surface area contributed by atoms with Crippen LogP contribution in [0.15, 0.2) is 54.6 Å². The first-order valence-corrected chi connectivity index (χ1v) is 13.8. The fourth-order valence-corrected chi connectivity index (χ4v) is 7.86. The van der Waals surface area contributed by atoms with Crippen LogP contribution in [0.25, 0.3) is 10.6 Å². The number of carbonyl (C=O) groups is 2. The lowest BCUT2D eigenvalue weighted by molar-refractivity contribution is -0.148. The maximum absolute atomic E-state index is 13.8. The van der Waals surface area contributed by atoms with Crippen LogP contribution in [0.5, 0.6) is 0 Å². The molecular formula is C29H32N4O2S. The van der Waals surface area contributed by atoms with Gasteiger partial charge in [0, 0.05) is 17.4 Å². The van der Waals surface area contributed by atoms with Crippen molar-refractivity contribution in [2.75, 3.05) is 5.32 Å². The lowest BCUT2D eigenvalue weighted by atomic mass is 9.49. The summed E-state index contributed by atoms with van der Waals surface area (Å²) in [5, 5.41) is 15.8. The molecule has 4 aliphatic rings. The van der Waals surface area contributed by atoms with Gasteiger partial charge in [-0.2, -0.15) is 0 Å². The van der Waals surface area contributed by atoms with Crippen LogP contribution in [0.3, 0.4) is 0 Å². The van der Waals surface area contributed by atoms with E-state index in [2.05, 4.69) is 26.9 Å². The van der Waals surface area contributed by atoms with Crippen LogP contribution < -0.4 is 10.6 Å². The summed E-state index contributed by atoms with van der Waals surface area (Å²) in [6, 6.07) is 17.3. The van der Waals surface area contributed by atoms with Crippen molar-refractivity contribution in [3.8, 4) is 10.6 Å². The number of nitrogens with one attached hydrogen (secondary N) is 2. The van der Waals surface area contributed by atoms with Crippen LogP contribution in [0.1, 0.15) is 49.7 Å². The van der Waals surface area contributed by atoms with Crippen molar-refractivity contribution in [3.05, 3.63) is 65.7 Å². The fraction of sp³-hybridized carbons (Fsp3) is 0.448. The highest BCUT2D eigenvalue weighted by Gasteiger charge is 2.55. The van der Waals surface area contributed by atoms with Crippen molar-refractivity contribution < 1.29 is 9.59 Å². The Balaban J connectivity index is 1.20. The molecule has 4 saturated carbocycles. The molecule has 36 heavy (non-hydrogen) atoms. The molecule has 1 heterocycles. The molecule has 0 saturated heterocycles. The first-order chi connectivity index (χ1) is 17.5. The quantitative estimate of drug-likeness (QED) is 0.455. The Morgan fingerprint density at radius 3 is 2.33 bits per heavy atom. The molecular weight excluding hydrogens is 468 g/mol. The maximum Gasteiger partial charge on any atom is 0.249 e. The van der Waals surface area contributed by atoms with Crippen molar-refractivity contribution in [1.82, 2.24) is 15.5 Å². The molecule has 0 aliphatic heterocycles. The Labute approximate surface area is 215 Å². The molecule has 1 aromatic heterocycles. The Morgan fingerprint density at radius 1 is 0.972 bits per heavy atom. The van der Waals surface area contributed by atoms with Crippen LogP contribution in [0.4, 0.5) is 5.13 Å². The molecule has 0 radical (unpaired) electrons. The van der Waals surface area contributed by atoms with E-state index in [9.17, 15) is 9.59 Å². The van der Waals surface area contributed by atoms with E-state index < -0.39 is 6.04 Å². The average Bonchev–Trinajstić information content (AvgIpc) is 3.32. The largest absolute Gasteiger partial charge is 0.343 e. The highest BCUT2D eigenvalue weighted by Crippen LogP contribution is 2.60. The van der Waals surface area contributed by atoms with E-state index in [1.807, 2.05) is 55.5 Å². The number of aryl methyl sites for hydroxylation is 1. The molecule has 7 rings (SSSR count). The summed E-state index contributed by atoms with van der Waals surface area (Å²) in [4.78, 5) is 27.3. The lowest BCUT2D eigenvalue weighted by Gasteiger charge is -2.55. The predicted molar refractivity (Wildman–Crippen MR) is 141 cm³/mol. The standard InChI is InChI=1S/C29H32N4O2S/c1-18-6-5-9-23(10-18)26-32-33-28(36-26)31-25(34)24(14-19-7-3-2-4-8-19)30-27(35)29-15-20-11-21(16-29)13-22(12-20)17-29/h2-10,20-22,24H,11-17H2,1H3,(H,30,35)(H,31,33,34)/t20?,21?,22?,24-,29?/m0/s1. The molecule has 0 spiro atoms.